The summed E-state index contributed by atoms with van der Waals surface area (Å²) in [5.41, 5.74) is 1.61. The molecule has 0 aromatic carbocycles. The fraction of sp³-hybridized carbons (Fsp3) is 0.667. The van der Waals surface area contributed by atoms with E-state index in [1.165, 1.54) is 17.4 Å². The molecule has 136 valence electrons. The summed E-state index contributed by atoms with van der Waals surface area (Å²) >= 11 is 0. The molecule has 1 aliphatic heterocycles. The quantitative estimate of drug-likeness (QED) is 0.707. The molecule has 1 aromatic heterocycles. The van der Waals surface area contributed by atoms with Gasteiger partial charge in [-0.05, 0) is 32.1 Å². The average molecular weight is 347 g/mol. The van der Waals surface area contributed by atoms with Crippen LogP contribution in [0.3, 0.4) is 0 Å². The summed E-state index contributed by atoms with van der Waals surface area (Å²) in [6.45, 7) is 4.24. The van der Waals surface area contributed by atoms with Gasteiger partial charge in [-0.15, -0.1) is 0 Å². The third-order valence-corrected chi connectivity index (χ3v) is 4.71. The first kappa shape index (κ1) is 17.6. The van der Waals surface area contributed by atoms with Crippen molar-refractivity contribution in [3.05, 3.63) is 15.9 Å². The van der Waals surface area contributed by atoms with Crippen molar-refractivity contribution in [2.75, 3.05) is 13.2 Å². The molecule has 1 saturated carbocycles. The minimum atomic E-state index is -0.476. The number of hydrogen-bond donors (Lipinski definition) is 0. The molecule has 2 heterocycles. The van der Waals surface area contributed by atoms with Crippen LogP contribution in [0.25, 0.3) is 0 Å². The Morgan fingerprint density at radius 1 is 1.28 bits per heavy atom. The van der Waals surface area contributed by atoms with Gasteiger partial charge in [0.2, 0.25) is 0 Å². The van der Waals surface area contributed by atoms with Gasteiger partial charge in [-0.1, -0.05) is 19.8 Å². The lowest BCUT2D eigenvalue weighted by Crippen LogP contribution is -2.28. The van der Waals surface area contributed by atoms with Crippen LogP contribution >= 0.6 is 0 Å². The highest BCUT2D eigenvalue weighted by Gasteiger charge is 2.29. The number of aliphatic imine (C=N–C) groups is 1. The molecule has 2 aliphatic rings. The Kier molecular flexibility index (Phi) is 5.50. The molecule has 0 radical (unpaired) electrons. The average Bonchev–Trinajstić information content (AvgIpc) is 3.25. The van der Waals surface area contributed by atoms with Gasteiger partial charge in [0.25, 0.3) is 5.56 Å². The number of carbonyl (C=O) groups is 1. The first-order valence-corrected chi connectivity index (χ1v) is 9.13. The molecule has 3 rings (SSSR count). The highest BCUT2D eigenvalue weighted by Crippen LogP contribution is 2.33. The standard InChI is InChI=1S/C18H25N3O4/c1-3-9-21-17(23)13-10-14(12-7-5-6-8-12)19-16(13)20-18(21)25-11-15(22)24-4-2/h12H,3-11H2,1-2H3. The summed E-state index contributed by atoms with van der Waals surface area (Å²) in [6.07, 6.45) is 6.09. The zero-order valence-corrected chi connectivity index (χ0v) is 14.9. The van der Waals surface area contributed by atoms with E-state index in [0.29, 0.717) is 30.3 Å². The monoisotopic (exact) mass is 347 g/mol. The molecular formula is C18H25N3O4. The minimum Gasteiger partial charge on any atom is -0.463 e. The lowest BCUT2D eigenvalue weighted by molar-refractivity contribution is -0.145. The number of aromatic nitrogens is 2. The van der Waals surface area contributed by atoms with Gasteiger partial charge in [0, 0.05) is 18.7 Å². The summed E-state index contributed by atoms with van der Waals surface area (Å²) in [7, 11) is 0. The molecule has 1 aromatic rings. The van der Waals surface area contributed by atoms with Gasteiger partial charge in [0.05, 0.1) is 12.2 Å². The Morgan fingerprint density at radius 3 is 2.72 bits per heavy atom. The van der Waals surface area contributed by atoms with Crippen molar-refractivity contribution in [3.8, 4) is 6.01 Å². The van der Waals surface area contributed by atoms with Crippen LogP contribution in [-0.4, -0.2) is 34.4 Å². The molecule has 25 heavy (non-hydrogen) atoms. The van der Waals surface area contributed by atoms with Crippen molar-refractivity contribution in [3.63, 3.8) is 0 Å². The van der Waals surface area contributed by atoms with Crippen LogP contribution in [0.15, 0.2) is 9.79 Å². The largest absolute Gasteiger partial charge is 0.463 e. The van der Waals surface area contributed by atoms with Crippen molar-refractivity contribution in [2.24, 2.45) is 10.9 Å². The van der Waals surface area contributed by atoms with E-state index in [-0.39, 0.29) is 24.8 Å². The maximum Gasteiger partial charge on any atom is 0.344 e. The smallest absolute Gasteiger partial charge is 0.344 e. The van der Waals surface area contributed by atoms with Crippen LogP contribution in [0.1, 0.15) is 51.5 Å². The third-order valence-electron chi connectivity index (χ3n) is 4.71. The molecule has 7 heteroatoms. The Morgan fingerprint density at radius 2 is 2.04 bits per heavy atom. The number of fused-ring (bicyclic) bond motifs is 1. The second-order valence-corrected chi connectivity index (χ2v) is 6.51. The summed E-state index contributed by atoms with van der Waals surface area (Å²) < 4.78 is 11.8. The number of esters is 1. The molecule has 0 saturated heterocycles. The summed E-state index contributed by atoms with van der Waals surface area (Å²) in [4.78, 5) is 33.4. The molecule has 1 aliphatic carbocycles. The predicted molar refractivity (Wildman–Crippen MR) is 93.7 cm³/mol. The van der Waals surface area contributed by atoms with Gasteiger partial charge >= 0.3 is 12.0 Å². The number of ether oxygens (including phenoxy) is 2. The predicted octanol–water partition coefficient (Wildman–Crippen LogP) is 2.41. The van der Waals surface area contributed by atoms with E-state index in [4.69, 9.17) is 9.47 Å². The van der Waals surface area contributed by atoms with Crippen molar-refractivity contribution in [1.29, 1.82) is 0 Å². The van der Waals surface area contributed by atoms with Crippen molar-refractivity contribution in [1.82, 2.24) is 9.55 Å². The first-order chi connectivity index (χ1) is 12.1. The Bertz CT molecular complexity index is 733. The van der Waals surface area contributed by atoms with Gasteiger partial charge in [0.1, 0.15) is 0 Å². The first-order valence-electron chi connectivity index (χ1n) is 9.13. The van der Waals surface area contributed by atoms with E-state index >= 15 is 0 Å². The number of nitrogens with zero attached hydrogens (tertiary/aromatic N) is 3. The molecule has 7 nitrogen and oxygen atoms in total. The molecule has 0 amide bonds. The van der Waals surface area contributed by atoms with Crippen molar-refractivity contribution < 1.29 is 14.3 Å². The maximum absolute atomic E-state index is 12.9. The minimum absolute atomic E-state index is 0.109. The maximum atomic E-state index is 12.9. The van der Waals surface area contributed by atoms with Crippen molar-refractivity contribution >= 4 is 17.5 Å². The highest BCUT2D eigenvalue weighted by molar-refractivity contribution is 5.95. The van der Waals surface area contributed by atoms with E-state index in [2.05, 4.69) is 9.98 Å². The molecule has 0 atom stereocenters. The number of hydrogen-bond acceptors (Lipinski definition) is 6. The summed E-state index contributed by atoms with van der Waals surface area (Å²) in [5, 5.41) is 0. The molecule has 0 bridgehead atoms. The van der Waals surface area contributed by atoms with Gasteiger partial charge in [-0.2, -0.15) is 4.98 Å². The fourth-order valence-corrected chi connectivity index (χ4v) is 3.52. The Labute approximate surface area is 147 Å². The topological polar surface area (TPSA) is 82.8 Å². The SMILES string of the molecule is CCCn1c(OCC(=O)OCC)nc2c(c1=O)CC(C1CCCC1)=N2. The van der Waals surface area contributed by atoms with Gasteiger partial charge < -0.3 is 9.47 Å². The van der Waals surface area contributed by atoms with Crippen LogP contribution in [0.5, 0.6) is 6.01 Å². The second kappa shape index (κ2) is 7.80. The van der Waals surface area contributed by atoms with E-state index in [1.54, 1.807) is 6.92 Å². The normalized spacial score (nSPS) is 16.6. The summed E-state index contributed by atoms with van der Waals surface area (Å²) in [5.74, 6) is 0.450. The lowest BCUT2D eigenvalue weighted by atomic mass is 9.98. The number of carbonyl (C=O) groups excluding carboxylic acids is 1. The molecule has 0 N–H and O–H groups in total. The van der Waals surface area contributed by atoms with Crippen LogP contribution < -0.4 is 10.3 Å². The number of rotatable bonds is 7. The van der Waals surface area contributed by atoms with E-state index in [1.807, 2.05) is 6.92 Å². The van der Waals surface area contributed by atoms with Gasteiger partial charge in [-0.25, -0.2) is 9.79 Å². The van der Waals surface area contributed by atoms with E-state index in [0.717, 1.165) is 25.0 Å². The molecule has 0 unspecified atom stereocenters. The Hall–Kier alpha value is -2.18. The fourth-order valence-electron chi connectivity index (χ4n) is 3.52. The van der Waals surface area contributed by atoms with Crippen LogP contribution in [-0.2, 0) is 22.5 Å². The summed E-state index contributed by atoms with van der Waals surface area (Å²) in [6, 6.07) is 0.148. The zero-order valence-electron chi connectivity index (χ0n) is 14.9. The Balaban J connectivity index is 1.86. The van der Waals surface area contributed by atoms with Crippen LogP contribution in [0.4, 0.5) is 5.82 Å². The van der Waals surface area contributed by atoms with Gasteiger partial charge in [-0.3, -0.25) is 9.36 Å². The third kappa shape index (κ3) is 3.75. The lowest BCUT2D eigenvalue weighted by Gasteiger charge is -2.13. The molecule has 0 spiro atoms. The second-order valence-electron chi connectivity index (χ2n) is 6.51. The van der Waals surface area contributed by atoms with Crippen LogP contribution in [0, 0.1) is 5.92 Å². The molecule has 1 fully saturated rings. The van der Waals surface area contributed by atoms with Crippen molar-refractivity contribution in [2.45, 2.75) is 58.9 Å². The van der Waals surface area contributed by atoms with Crippen LogP contribution in [0.2, 0.25) is 0 Å². The van der Waals surface area contributed by atoms with E-state index < -0.39 is 5.97 Å². The highest BCUT2D eigenvalue weighted by atomic mass is 16.6. The zero-order chi connectivity index (χ0) is 17.8. The van der Waals surface area contributed by atoms with E-state index in [9.17, 15) is 9.59 Å². The molecular weight excluding hydrogens is 322 g/mol. The van der Waals surface area contributed by atoms with Gasteiger partial charge in [0.15, 0.2) is 12.4 Å².